The van der Waals surface area contributed by atoms with Gasteiger partial charge in [-0.05, 0) is 56.9 Å². The molecule has 0 atom stereocenters. The Kier molecular flexibility index (Phi) is 6.72. The van der Waals surface area contributed by atoms with Gasteiger partial charge in [0.05, 0.1) is 6.61 Å². The summed E-state index contributed by atoms with van der Waals surface area (Å²) < 4.78 is 5.81. The molecule has 1 amide bonds. The van der Waals surface area contributed by atoms with Crippen LogP contribution < -0.4 is 10.1 Å². The number of hydrogen-bond donors (Lipinski definition) is 1. The number of hydrogen-bond acceptors (Lipinski definition) is 3. The highest BCUT2D eigenvalue weighted by atomic mass is 16.5. The number of carbonyl (C=O) groups is 1. The molecule has 0 radical (unpaired) electrons. The molecule has 0 unspecified atom stereocenters. The highest BCUT2D eigenvalue weighted by Crippen LogP contribution is 2.27. The quantitative estimate of drug-likeness (QED) is 0.710. The lowest BCUT2D eigenvalue weighted by Crippen LogP contribution is -2.25. The van der Waals surface area contributed by atoms with E-state index in [-0.39, 0.29) is 5.91 Å². The van der Waals surface area contributed by atoms with E-state index in [1.807, 2.05) is 12.1 Å². The van der Waals surface area contributed by atoms with Crippen LogP contribution in [0.15, 0.2) is 18.2 Å². The van der Waals surface area contributed by atoms with Gasteiger partial charge in [0.2, 0.25) is 5.91 Å². The van der Waals surface area contributed by atoms with Crippen LogP contribution in [0.4, 0.5) is 5.69 Å². The van der Waals surface area contributed by atoms with E-state index in [1.54, 1.807) is 0 Å². The minimum Gasteiger partial charge on any atom is -0.494 e. The normalized spacial score (nSPS) is 13.9. The topological polar surface area (TPSA) is 41.6 Å². The third kappa shape index (κ3) is 5.02. The van der Waals surface area contributed by atoms with E-state index >= 15 is 0 Å². The Bertz CT molecular complexity index is 488. The summed E-state index contributed by atoms with van der Waals surface area (Å²) in [6, 6.07) is 6.01. The number of anilines is 1. The van der Waals surface area contributed by atoms with Crippen LogP contribution in [-0.2, 0) is 11.2 Å². The van der Waals surface area contributed by atoms with Crippen molar-refractivity contribution in [3.63, 3.8) is 0 Å². The molecule has 122 valence electrons. The van der Waals surface area contributed by atoms with Gasteiger partial charge in [0.15, 0.2) is 0 Å². The molecule has 22 heavy (non-hydrogen) atoms. The van der Waals surface area contributed by atoms with Crippen LogP contribution >= 0.6 is 0 Å². The molecule has 0 spiro atoms. The Morgan fingerprint density at radius 3 is 2.82 bits per heavy atom. The van der Waals surface area contributed by atoms with Gasteiger partial charge in [-0.1, -0.05) is 19.9 Å². The third-order valence-electron chi connectivity index (χ3n) is 4.10. The van der Waals surface area contributed by atoms with E-state index in [2.05, 4.69) is 30.1 Å². The Labute approximate surface area is 133 Å². The number of aryl methyl sites for hydroxylation is 1. The molecule has 4 heteroatoms. The molecule has 4 nitrogen and oxygen atoms in total. The molecule has 1 heterocycles. The highest BCUT2D eigenvalue weighted by Gasteiger charge is 2.14. The van der Waals surface area contributed by atoms with Crippen molar-refractivity contribution in [2.75, 3.05) is 31.6 Å². The molecule has 0 aromatic heterocycles. The number of amides is 1. The average molecular weight is 304 g/mol. The van der Waals surface area contributed by atoms with E-state index in [1.165, 1.54) is 18.5 Å². The van der Waals surface area contributed by atoms with Gasteiger partial charge in [-0.15, -0.1) is 0 Å². The molecule has 0 bridgehead atoms. The van der Waals surface area contributed by atoms with E-state index in [0.29, 0.717) is 6.42 Å². The SMILES string of the molecule is CCCN(CC)CCCCOc1ccc2c(c1)NC(=O)CC2. The number of nitrogens with one attached hydrogen (secondary N) is 1. The first-order valence-electron chi connectivity index (χ1n) is 8.50. The zero-order chi connectivity index (χ0) is 15.8. The largest absolute Gasteiger partial charge is 0.494 e. The average Bonchev–Trinajstić information content (AvgIpc) is 2.53. The monoisotopic (exact) mass is 304 g/mol. The molecule has 0 fully saturated rings. The molecular formula is C18H28N2O2. The first kappa shape index (κ1) is 16.8. The van der Waals surface area contributed by atoms with Gasteiger partial charge >= 0.3 is 0 Å². The molecule has 2 rings (SSSR count). The van der Waals surface area contributed by atoms with Gasteiger partial charge in [-0.3, -0.25) is 4.79 Å². The number of benzene rings is 1. The summed E-state index contributed by atoms with van der Waals surface area (Å²) in [5.41, 5.74) is 2.11. The van der Waals surface area contributed by atoms with Crippen LogP contribution in [-0.4, -0.2) is 37.0 Å². The van der Waals surface area contributed by atoms with Crippen molar-refractivity contribution in [3.8, 4) is 5.75 Å². The second-order valence-corrected chi connectivity index (χ2v) is 5.86. The van der Waals surface area contributed by atoms with E-state index < -0.39 is 0 Å². The summed E-state index contributed by atoms with van der Waals surface area (Å²) in [4.78, 5) is 13.9. The number of carbonyl (C=O) groups excluding carboxylic acids is 1. The smallest absolute Gasteiger partial charge is 0.224 e. The predicted octanol–water partition coefficient (Wildman–Crippen LogP) is 3.46. The molecule has 0 aliphatic carbocycles. The third-order valence-corrected chi connectivity index (χ3v) is 4.10. The van der Waals surface area contributed by atoms with Crippen molar-refractivity contribution in [1.29, 1.82) is 0 Å². The second kappa shape index (κ2) is 8.79. The van der Waals surface area contributed by atoms with E-state index in [4.69, 9.17) is 4.74 Å². The summed E-state index contributed by atoms with van der Waals surface area (Å²) in [6.07, 6.45) is 4.84. The summed E-state index contributed by atoms with van der Waals surface area (Å²) in [5.74, 6) is 0.946. The molecule has 1 aliphatic rings. The number of ether oxygens (including phenoxy) is 1. The fourth-order valence-corrected chi connectivity index (χ4v) is 2.81. The summed E-state index contributed by atoms with van der Waals surface area (Å²) in [7, 11) is 0. The fourth-order valence-electron chi connectivity index (χ4n) is 2.81. The number of rotatable bonds is 9. The van der Waals surface area contributed by atoms with Gasteiger partial charge in [-0.25, -0.2) is 0 Å². The molecule has 1 aliphatic heterocycles. The molecule has 1 aromatic carbocycles. The summed E-state index contributed by atoms with van der Waals surface area (Å²) in [5, 5.41) is 2.91. The van der Waals surface area contributed by atoms with Crippen molar-refractivity contribution in [1.82, 2.24) is 4.90 Å². The maximum Gasteiger partial charge on any atom is 0.224 e. The minimum atomic E-state index is 0.0974. The van der Waals surface area contributed by atoms with Crippen LogP contribution in [0.25, 0.3) is 0 Å². The van der Waals surface area contributed by atoms with Crippen LogP contribution in [0, 0.1) is 0 Å². The van der Waals surface area contributed by atoms with E-state index in [0.717, 1.165) is 50.4 Å². The lowest BCUT2D eigenvalue weighted by molar-refractivity contribution is -0.116. The first-order valence-corrected chi connectivity index (χ1v) is 8.50. The van der Waals surface area contributed by atoms with Gasteiger partial charge in [0.1, 0.15) is 5.75 Å². The lowest BCUT2D eigenvalue weighted by atomic mass is 10.0. The Hall–Kier alpha value is -1.55. The van der Waals surface area contributed by atoms with Crippen LogP contribution in [0.3, 0.4) is 0 Å². The van der Waals surface area contributed by atoms with Crippen molar-refractivity contribution < 1.29 is 9.53 Å². The maximum atomic E-state index is 11.4. The van der Waals surface area contributed by atoms with Gasteiger partial charge < -0.3 is 15.0 Å². The zero-order valence-electron chi connectivity index (χ0n) is 13.9. The Morgan fingerprint density at radius 1 is 1.18 bits per heavy atom. The lowest BCUT2D eigenvalue weighted by Gasteiger charge is -2.19. The van der Waals surface area contributed by atoms with Crippen LogP contribution in [0.1, 0.15) is 45.1 Å². The van der Waals surface area contributed by atoms with Crippen LogP contribution in [0.2, 0.25) is 0 Å². The molecular weight excluding hydrogens is 276 g/mol. The fraction of sp³-hybridized carbons (Fsp3) is 0.611. The molecule has 1 N–H and O–H groups in total. The molecule has 0 saturated carbocycles. The van der Waals surface area contributed by atoms with Crippen molar-refractivity contribution in [2.24, 2.45) is 0 Å². The maximum absolute atomic E-state index is 11.4. The van der Waals surface area contributed by atoms with Gasteiger partial charge in [0.25, 0.3) is 0 Å². The summed E-state index contributed by atoms with van der Waals surface area (Å²) >= 11 is 0. The van der Waals surface area contributed by atoms with Crippen LogP contribution in [0.5, 0.6) is 5.75 Å². The molecule has 0 saturated heterocycles. The van der Waals surface area contributed by atoms with Gasteiger partial charge in [0, 0.05) is 18.2 Å². The molecule has 1 aromatic rings. The van der Waals surface area contributed by atoms with Crippen molar-refractivity contribution in [2.45, 2.75) is 46.0 Å². The first-order chi connectivity index (χ1) is 10.7. The number of unbranched alkanes of at least 4 members (excludes halogenated alkanes) is 1. The highest BCUT2D eigenvalue weighted by molar-refractivity contribution is 5.94. The summed E-state index contributed by atoms with van der Waals surface area (Å²) in [6.45, 7) is 8.62. The standard InChI is InChI=1S/C18H28N2O2/c1-3-11-20(4-2)12-5-6-13-22-16-9-7-15-8-10-18(21)19-17(15)14-16/h7,9,14H,3-6,8,10-13H2,1-2H3,(H,19,21). The zero-order valence-corrected chi connectivity index (χ0v) is 13.9. The van der Waals surface area contributed by atoms with E-state index in [9.17, 15) is 4.79 Å². The Balaban J connectivity index is 1.71. The van der Waals surface area contributed by atoms with Gasteiger partial charge in [-0.2, -0.15) is 0 Å². The minimum absolute atomic E-state index is 0.0974. The van der Waals surface area contributed by atoms with Crippen molar-refractivity contribution in [3.05, 3.63) is 23.8 Å². The Morgan fingerprint density at radius 2 is 2.05 bits per heavy atom. The predicted molar refractivity (Wildman–Crippen MR) is 90.5 cm³/mol. The number of nitrogens with zero attached hydrogens (tertiary/aromatic N) is 1. The van der Waals surface area contributed by atoms with Crippen molar-refractivity contribution >= 4 is 11.6 Å². The second-order valence-electron chi connectivity index (χ2n) is 5.86. The number of fused-ring (bicyclic) bond motifs is 1.